The van der Waals surface area contributed by atoms with E-state index in [2.05, 4.69) is 5.32 Å². The lowest BCUT2D eigenvalue weighted by Crippen LogP contribution is -2.19. The number of hydrogen-bond donors (Lipinski definition) is 1. The van der Waals surface area contributed by atoms with Crippen molar-refractivity contribution in [2.24, 2.45) is 0 Å². The molecule has 18 heavy (non-hydrogen) atoms. The number of methoxy groups -OCH3 is 1. The van der Waals surface area contributed by atoms with E-state index in [0.717, 1.165) is 18.1 Å². The minimum absolute atomic E-state index is 0.00670. The lowest BCUT2D eigenvalue weighted by Gasteiger charge is -2.19. The Hall–Kier alpha value is -1.07. The molecular weight excluding hydrogens is 243 g/mol. The normalized spacial score (nSPS) is 13.7. The number of rotatable bonds is 5. The summed E-state index contributed by atoms with van der Waals surface area (Å²) < 4.78 is 42.6. The molecule has 0 saturated heterocycles. The topological polar surface area (TPSA) is 21.3 Å². The number of nitrogens with one attached hydrogen (secondary N) is 1. The van der Waals surface area contributed by atoms with E-state index in [4.69, 9.17) is 4.74 Å². The highest BCUT2D eigenvalue weighted by Gasteiger charge is 2.30. The van der Waals surface area contributed by atoms with Crippen LogP contribution in [0, 0.1) is 6.92 Å². The Morgan fingerprint density at radius 1 is 1.33 bits per heavy atom. The first-order valence-electron chi connectivity index (χ1n) is 5.74. The van der Waals surface area contributed by atoms with Gasteiger partial charge in [0.05, 0.1) is 5.56 Å². The van der Waals surface area contributed by atoms with E-state index in [9.17, 15) is 13.2 Å². The van der Waals surface area contributed by atoms with Gasteiger partial charge in [-0.25, -0.2) is 0 Å². The number of ether oxygens (including phenoxy) is 1. The maximum Gasteiger partial charge on any atom is 0.416 e. The van der Waals surface area contributed by atoms with Crippen LogP contribution in [-0.4, -0.2) is 20.8 Å². The van der Waals surface area contributed by atoms with Crippen molar-refractivity contribution in [1.29, 1.82) is 0 Å². The molecule has 0 aliphatic carbocycles. The molecule has 2 nitrogen and oxygen atoms in total. The second kappa shape index (κ2) is 6.20. The van der Waals surface area contributed by atoms with Gasteiger partial charge < -0.3 is 10.1 Å². The first-order valence-corrected chi connectivity index (χ1v) is 5.74. The lowest BCUT2D eigenvalue weighted by atomic mass is 9.97. The fraction of sp³-hybridized carbons (Fsp3) is 0.538. The Bertz CT molecular complexity index is 390. The molecule has 1 aromatic rings. The van der Waals surface area contributed by atoms with Crippen molar-refractivity contribution >= 4 is 0 Å². The number of benzene rings is 1. The highest BCUT2D eigenvalue weighted by atomic mass is 19.4. The summed E-state index contributed by atoms with van der Waals surface area (Å²) >= 11 is 0. The largest absolute Gasteiger partial charge is 0.416 e. The number of alkyl halides is 3. The summed E-state index contributed by atoms with van der Waals surface area (Å²) in [6, 6.07) is 3.85. The van der Waals surface area contributed by atoms with E-state index in [-0.39, 0.29) is 6.04 Å². The van der Waals surface area contributed by atoms with E-state index in [1.807, 2.05) is 0 Å². The van der Waals surface area contributed by atoms with Gasteiger partial charge in [0.25, 0.3) is 0 Å². The molecule has 0 amide bonds. The molecule has 102 valence electrons. The molecule has 0 bridgehead atoms. The van der Waals surface area contributed by atoms with Crippen LogP contribution in [0.15, 0.2) is 18.2 Å². The SMILES string of the molecule is CNC(CCOC)c1ccc(C(F)(F)F)cc1C. The van der Waals surface area contributed by atoms with Gasteiger partial charge in [0.1, 0.15) is 0 Å². The summed E-state index contributed by atoms with van der Waals surface area (Å²) in [5.41, 5.74) is 0.910. The van der Waals surface area contributed by atoms with E-state index in [1.54, 1.807) is 21.1 Å². The fourth-order valence-electron chi connectivity index (χ4n) is 1.93. The molecule has 1 rings (SSSR count). The molecule has 1 N–H and O–H groups in total. The zero-order valence-electron chi connectivity index (χ0n) is 10.8. The van der Waals surface area contributed by atoms with Crippen LogP contribution in [-0.2, 0) is 10.9 Å². The summed E-state index contributed by atoms with van der Waals surface area (Å²) in [5.74, 6) is 0. The Morgan fingerprint density at radius 3 is 2.44 bits per heavy atom. The smallest absolute Gasteiger partial charge is 0.385 e. The first-order chi connectivity index (χ1) is 8.40. The number of hydrogen-bond acceptors (Lipinski definition) is 2. The molecule has 0 radical (unpaired) electrons. The van der Waals surface area contributed by atoms with Crippen LogP contribution < -0.4 is 5.32 Å². The molecule has 5 heteroatoms. The first kappa shape index (κ1) is 15.0. The van der Waals surface area contributed by atoms with Crippen LogP contribution in [0.4, 0.5) is 13.2 Å². The molecule has 1 aromatic carbocycles. The average molecular weight is 261 g/mol. The van der Waals surface area contributed by atoms with Crippen molar-refractivity contribution in [3.63, 3.8) is 0 Å². The van der Waals surface area contributed by atoms with Crippen LogP contribution in [0.1, 0.15) is 29.2 Å². The number of aryl methyl sites for hydroxylation is 1. The molecule has 0 heterocycles. The van der Waals surface area contributed by atoms with Gasteiger partial charge in [-0.1, -0.05) is 6.07 Å². The quantitative estimate of drug-likeness (QED) is 0.878. The summed E-state index contributed by atoms with van der Waals surface area (Å²) in [6.45, 7) is 2.26. The molecule has 0 aliphatic heterocycles. The van der Waals surface area contributed by atoms with Crippen LogP contribution in [0.2, 0.25) is 0 Å². The third-order valence-corrected chi connectivity index (χ3v) is 2.93. The van der Waals surface area contributed by atoms with Gasteiger partial charge in [-0.3, -0.25) is 0 Å². The van der Waals surface area contributed by atoms with Crippen molar-refractivity contribution in [2.45, 2.75) is 25.6 Å². The van der Waals surface area contributed by atoms with Gasteiger partial charge in [0, 0.05) is 19.8 Å². The summed E-state index contributed by atoms with van der Waals surface area (Å²) in [5, 5.41) is 3.09. The molecule has 1 atom stereocenters. The lowest BCUT2D eigenvalue weighted by molar-refractivity contribution is -0.137. The Labute approximate surface area is 105 Å². The predicted octanol–water partition coefficient (Wildman–Crippen LogP) is 3.31. The monoisotopic (exact) mass is 261 g/mol. The van der Waals surface area contributed by atoms with Crippen LogP contribution in [0.25, 0.3) is 0 Å². The summed E-state index contributed by atoms with van der Waals surface area (Å²) in [7, 11) is 3.39. The van der Waals surface area contributed by atoms with Gasteiger partial charge in [0.2, 0.25) is 0 Å². The zero-order chi connectivity index (χ0) is 13.8. The minimum atomic E-state index is -4.29. The molecule has 0 aromatic heterocycles. The number of halogens is 3. The van der Waals surface area contributed by atoms with Gasteiger partial charge in [-0.2, -0.15) is 13.2 Å². The van der Waals surface area contributed by atoms with Crippen molar-refractivity contribution in [1.82, 2.24) is 5.32 Å². The van der Waals surface area contributed by atoms with E-state index in [1.165, 1.54) is 12.1 Å². The summed E-state index contributed by atoms with van der Waals surface area (Å²) in [4.78, 5) is 0. The molecular formula is C13H18F3NO. The maximum absolute atomic E-state index is 12.5. The fourth-order valence-corrected chi connectivity index (χ4v) is 1.93. The summed E-state index contributed by atoms with van der Waals surface area (Å²) in [6.07, 6.45) is -3.57. The second-order valence-electron chi connectivity index (χ2n) is 4.19. The van der Waals surface area contributed by atoms with Crippen LogP contribution >= 0.6 is 0 Å². The van der Waals surface area contributed by atoms with Gasteiger partial charge >= 0.3 is 6.18 Å². The van der Waals surface area contributed by atoms with Crippen molar-refractivity contribution in [3.05, 3.63) is 34.9 Å². The Morgan fingerprint density at radius 2 is 2.00 bits per heavy atom. The standard InChI is InChI=1S/C13H18F3NO/c1-9-8-10(13(14,15)16)4-5-11(9)12(17-2)6-7-18-3/h4-5,8,12,17H,6-7H2,1-3H3. The van der Waals surface area contributed by atoms with Crippen molar-refractivity contribution in [2.75, 3.05) is 20.8 Å². The van der Waals surface area contributed by atoms with E-state index < -0.39 is 11.7 Å². The van der Waals surface area contributed by atoms with Crippen LogP contribution in [0.3, 0.4) is 0 Å². The molecule has 1 unspecified atom stereocenters. The zero-order valence-corrected chi connectivity index (χ0v) is 10.8. The molecule has 0 fully saturated rings. The molecule has 0 saturated carbocycles. The molecule has 0 aliphatic rings. The van der Waals surface area contributed by atoms with Crippen molar-refractivity contribution in [3.8, 4) is 0 Å². The van der Waals surface area contributed by atoms with E-state index in [0.29, 0.717) is 12.2 Å². The highest BCUT2D eigenvalue weighted by Crippen LogP contribution is 2.32. The van der Waals surface area contributed by atoms with Crippen molar-refractivity contribution < 1.29 is 17.9 Å². The van der Waals surface area contributed by atoms with Gasteiger partial charge in [-0.15, -0.1) is 0 Å². The van der Waals surface area contributed by atoms with Gasteiger partial charge in [0.15, 0.2) is 0 Å². The highest BCUT2D eigenvalue weighted by molar-refractivity contribution is 5.34. The predicted molar refractivity (Wildman–Crippen MR) is 64.5 cm³/mol. The third-order valence-electron chi connectivity index (χ3n) is 2.93. The van der Waals surface area contributed by atoms with Gasteiger partial charge in [-0.05, 0) is 43.7 Å². The van der Waals surface area contributed by atoms with Crippen LogP contribution in [0.5, 0.6) is 0 Å². The Balaban J connectivity index is 2.96. The third kappa shape index (κ3) is 3.71. The van der Waals surface area contributed by atoms with E-state index >= 15 is 0 Å². The average Bonchev–Trinajstić information content (AvgIpc) is 2.30. The Kier molecular flexibility index (Phi) is 5.16. The minimum Gasteiger partial charge on any atom is -0.385 e. The maximum atomic E-state index is 12.5. The molecule has 0 spiro atoms. The second-order valence-corrected chi connectivity index (χ2v) is 4.19.